The minimum atomic E-state index is -2.57. The van der Waals surface area contributed by atoms with Crippen LogP contribution in [0.5, 0.6) is 0 Å². The van der Waals surface area contributed by atoms with Gasteiger partial charge in [-0.15, -0.1) is 0 Å². The first-order chi connectivity index (χ1) is 11.8. The van der Waals surface area contributed by atoms with Gasteiger partial charge in [-0.1, -0.05) is 0 Å². The molecule has 3 nitrogen and oxygen atoms in total. The molecule has 1 N–H and O–H groups in total. The van der Waals surface area contributed by atoms with E-state index in [1.807, 2.05) is 36.4 Å². The van der Waals surface area contributed by atoms with Crippen LogP contribution in [0.1, 0.15) is 11.1 Å². The van der Waals surface area contributed by atoms with E-state index in [1.165, 1.54) is 11.1 Å². The number of benzene rings is 2. The summed E-state index contributed by atoms with van der Waals surface area (Å²) < 4.78 is 12.3. The predicted octanol–water partition coefficient (Wildman–Crippen LogP) is 5.11. The Hall–Kier alpha value is -0.755. The molecule has 0 aromatic heterocycles. The van der Waals surface area contributed by atoms with Crippen molar-refractivity contribution in [1.82, 2.24) is 0 Å². The number of rotatable bonds is 8. The Kier molecular flexibility index (Phi) is 6.08. The maximum atomic E-state index is 10.6. The van der Waals surface area contributed by atoms with E-state index in [1.54, 1.807) is 0 Å². The van der Waals surface area contributed by atoms with Gasteiger partial charge in [0.1, 0.15) is 0 Å². The monoisotopic (exact) mass is 394 g/mol. The molecule has 0 atom stereocenters. The summed E-state index contributed by atoms with van der Waals surface area (Å²) in [6.45, 7) is 7.61. The summed E-state index contributed by atoms with van der Waals surface area (Å²) in [5.74, 6) is 0. The molecule has 144 valence electrons. The third kappa shape index (κ3) is 7.47. The van der Waals surface area contributed by atoms with Gasteiger partial charge >= 0.3 is 159 Å². The van der Waals surface area contributed by atoms with Crippen molar-refractivity contribution in [3.8, 4) is 0 Å². The average Bonchev–Trinajstić information content (AvgIpc) is 2.44. The van der Waals surface area contributed by atoms with Crippen LogP contribution in [-0.2, 0) is 21.2 Å². The van der Waals surface area contributed by atoms with Gasteiger partial charge in [-0.05, 0) is 0 Å². The van der Waals surface area contributed by atoms with Gasteiger partial charge in [0.2, 0.25) is 0 Å². The Morgan fingerprint density at radius 1 is 0.654 bits per heavy atom. The summed E-state index contributed by atoms with van der Waals surface area (Å²) in [5.41, 5.74) is 2.44. The van der Waals surface area contributed by atoms with Gasteiger partial charge < -0.3 is 0 Å². The second kappa shape index (κ2) is 7.34. The van der Waals surface area contributed by atoms with Crippen molar-refractivity contribution in [2.75, 3.05) is 40.0 Å². The van der Waals surface area contributed by atoms with Gasteiger partial charge in [-0.2, -0.15) is 0 Å². The summed E-state index contributed by atoms with van der Waals surface area (Å²) in [6.07, 6.45) is 1.61. The molecule has 0 radical (unpaired) electrons. The molecule has 0 saturated heterocycles. The van der Waals surface area contributed by atoms with Crippen LogP contribution < -0.4 is 0 Å². The van der Waals surface area contributed by atoms with Crippen molar-refractivity contribution in [2.45, 2.75) is 12.3 Å². The van der Waals surface area contributed by atoms with Crippen molar-refractivity contribution in [1.29, 1.82) is 0 Å². The molecule has 0 spiro atoms. The molecular formula is C20H33BO3P2. The fraction of sp³-hybridized carbons (Fsp3) is 0.400. The van der Waals surface area contributed by atoms with E-state index >= 15 is 0 Å². The minimum absolute atomic E-state index is 0.804. The van der Waals surface area contributed by atoms with Crippen LogP contribution >= 0.6 is 13.7 Å². The second-order valence-corrected chi connectivity index (χ2v) is 22.7. The fourth-order valence-corrected chi connectivity index (χ4v) is 7.72. The number of hydrogen-bond acceptors (Lipinski definition) is 3. The zero-order valence-corrected chi connectivity index (χ0v) is 18.7. The van der Waals surface area contributed by atoms with Crippen LogP contribution in [0.4, 0.5) is 0 Å². The SMILES string of the molecule is CP(C)(C)(Cc1ccccc1)OB(O)OP(C)(C)(C)Cc1ccccc1. The molecule has 2 rings (SSSR count). The van der Waals surface area contributed by atoms with E-state index < -0.39 is 21.0 Å². The average molecular weight is 394 g/mol. The molecule has 0 heterocycles. The van der Waals surface area contributed by atoms with Gasteiger partial charge in [-0.25, -0.2) is 0 Å². The van der Waals surface area contributed by atoms with E-state index in [0.717, 1.165) is 12.3 Å². The maximum absolute atomic E-state index is 10.6. The van der Waals surface area contributed by atoms with Crippen LogP contribution in [0.3, 0.4) is 0 Å². The molecule has 0 aliphatic rings. The van der Waals surface area contributed by atoms with E-state index in [2.05, 4.69) is 64.3 Å². The second-order valence-electron chi connectivity index (χ2n) is 9.74. The van der Waals surface area contributed by atoms with Crippen LogP contribution in [-0.4, -0.2) is 52.3 Å². The van der Waals surface area contributed by atoms with Crippen LogP contribution in [0, 0.1) is 0 Å². The summed E-state index contributed by atoms with van der Waals surface area (Å²) in [6, 6.07) is 20.6. The quantitative estimate of drug-likeness (QED) is 0.500. The Balaban J connectivity index is 2.06. The first-order valence-corrected chi connectivity index (χ1v) is 16.3. The number of hydrogen-bond donors (Lipinski definition) is 1. The van der Waals surface area contributed by atoms with Gasteiger partial charge in [0.15, 0.2) is 0 Å². The summed E-state index contributed by atoms with van der Waals surface area (Å²) in [4.78, 5) is 0. The topological polar surface area (TPSA) is 38.7 Å². The zero-order chi connectivity index (χ0) is 19.5. The molecule has 26 heavy (non-hydrogen) atoms. The van der Waals surface area contributed by atoms with Gasteiger partial charge in [0, 0.05) is 0 Å². The first-order valence-electron chi connectivity index (χ1n) is 8.94. The van der Waals surface area contributed by atoms with Crippen LogP contribution in [0.2, 0.25) is 0 Å². The molecule has 2 aromatic rings. The Morgan fingerprint density at radius 2 is 0.962 bits per heavy atom. The molecule has 2 aromatic carbocycles. The molecule has 0 aliphatic heterocycles. The first kappa shape index (κ1) is 21.5. The Labute approximate surface area is 159 Å². The molecular weight excluding hydrogens is 361 g/mol. The standard InChI is InChI=1S/C20H33BO3P2/c1-25(2,3,17-19-13-9-7-10-14-19)23-21(22)24-26(4,5,6)18-20-15-11-8-12-16-20/h7-16,22H,17-18H2,1-6H3. The zero-order valence-electron chi connectivity index (χ0n) is 16.9. The molecule has 0 unspecified atom stereocenters. The molecule has 0 saturated carbocycles. The molecule has 0 bridgehead atoms. The van der Waals surface area contributed by atoms with Crippen molar-refractivity contribution >= 4 is 21.0 Å². The van der Waals surface area contributed by atoms with Crippen molar-refractivity contribution in [2.24, 2.45) is 0 Å². The Morgan fingerprint density at radius 3 is 1.27 bits per heavy atom. The predicted molar refractivity (Wildman–Crippen MR) is 120 cm³/mol. The van der Waals surface area contributed by atoms with Gasteiger partial charge in [0.05, 0.1) is 0 Å². The van der Waals surface area contributed by atoms with Gasteiger partial charge in [-0.3, -0.25) is 0 Å². The third-order valence-corrected chi connectivity index (χ3v) is 8.90. The molecule has 0 amide bonds. The third-order valence-electron chi connectivity index (χ3n) is 4.09. The molecule has 6 heteroatoms. The fourth-order valence-electron chi connectivity index (χ4n) is 3.17. The summed E-state index contributed by atoms with van der Waals surface area (Å²) >= 11 is 0. The van der Waals surface area contributed by atoms with Crippen LogP contribution in [0.15, 0.2) is 60.7 Å². The van der Waals surface area contributed by atoms with E-state index in [9.17, 15) is 5.02 Å². The normalized spacial score (nSPS) is 15.5. The summed E-state index contributed by atoms with van der Waals surface area (Å²) in [5, 5.41) is 10.6. The van der Waals surface area contributed by atoms with Crippen molar-refractivity contribution < 1.29 is 13.9 Å². The van der Waals surface area contributed by atoms with Crippen molar-refractivity contribution in [3.63, 3.8) is 0 Å². The van der Waals surface area contributed by atoms with Crippen molar-refractivity contribution in [3.05, 3.63) is 71.8 Å². The summed E-state index contributed by atoms with van der Waals surface area (Å²) in [7, 11) is -1.21. The van der Waals surface area contributed by atoms with E-state index in [0.29, 0.717) is 0 Å². The molecule has 0 aliphatic carbocycles. The van der Waals surface area contributed by atoms with Crippen LogP contribution in [0.25, 0.3) is 0 Å². The molecule has 0 fully saturated rings. The van der Waals surface area contributed by atoms with Gasteiger partial charge in [0.25, 0.3) is 0 Å². The van der Waals surface area contributed by atoms with E-state index in [4.69, 9.17) is 8.88 Å². The van der Waals surface area contributed by atoms with E-state index in [-0.39, 0.29) is 0 Å². The Bertz CT molecular complexity index is 655.